The molecule has 13 heavy (non-hydrogen) atoms. The van der Waals surface area contributed by atoms with Gasteiger partial charge in [0.1, 0.15) is 11.4 Å². The second-order valence-corrected chi connectivity index (χ2v) is 3.13. The van der Waals surface area contributed by atoms with E-state index in [0.29, 0.717) is 5.13 Å². The third kappa shape index (κ3) is 2.48. The Morgan fingerprint density at radius 3 is 2.85 bits per heavy atom. The minimum Gasteiger partial charge on any atom is -0.481 e. The van der Waals surface area contributed by atoms with Crippen molar-refractivity contribution in [1.82, 2.24) is 10.2 Å². The number of anilines is 1. The van der Waals surface area contributed by atoms with Crippen molar-refractivity contribution in [2.75, 3.05) is 5.32 Å². The quantitative estimate of drug-likeness (QED) is 0.681. The van der Waals surface area contributed by atoms with Crippen molar-refractivity contribution in [2.45, 2.75) is 6.92 Å². The number of aliphatic carboxylic acids is 1. The summed E-state index contributed by atoms with van der Waals surface area (Å²) in [6.07, 6.45) is 0. The van der Waals surface area contributed by atoms with Crippen molar-refractivity contribution in [2.24, 2.45) is 5.92 Å². The zero-order valence-corrected chi connectivity index (χ0v) is 7.54. The molecule has 0 saturated carbocycles. The molecule has 1 atom stereocenters. The Balaban J connectivity index is 2.56. The van der Waals surface area contributed by atoms with Crippen LogP contribution in [0.1, 0.15) is 6.92 Å². The van der Waals surface area contributed by atoms with Gasteiger partial charge in [-0.3, -0.25) is 14.9 Å². The molecule has 70 valence electrons. The minimum atomic E-state index is -1.16. The minimum absolute atomic E-state index is 0.304. The van der Waals surface area contributed by atoms with E-state index in [9.17, 15) is 9.59 Å². The largest absolute Gasteiger partial charge is 0.481 e. The van der Waals surface area contributed by atoms with Gasteiger partial charge >= 0.3 is 5.97 Å². The van der Waals surface area contributed by atoms with Gasteiger partial charge in [0.15, 0.2) is 0 Å². The van der Waals surface area contributed by atoms with Crippen LogP contribution in [0.3, 0.4) is 0 Å². The molecule has 7 heteroatoms. The van der Waals surface area contributed by atoms with E-state index in [1.165, 1.54) is 12.4 Å². The van der Waals surface area contributed by atoms with Crippen LogP contribution in [0, 0.1) is 5.92 Å². The Hall–Kier alpha value is -1.50. The van der Waals surface area contributed by atoms with Gasteiger partial charge in [-0.05, 0) is 6.92 Å². The lowest BCUT2D eigenvalue weighted by molar-refractivity contribution is -0.144. The predicted molar refractivity (Wildman–Crippen MR) is 45.3 cm³/mol. The zero-order chi connectivity index (χ0) is 9.84. The van der Waals surface area contributed by atoms with Crippen LogP contribution >= 0.6 is 11.3 Å². The number of carbonyl (C=O) groups is 2. The highest BCUT2D eigenvalue weighted by Gasteiger charge is 2.20. The van der Waals surface area contributed by atoms with Crippen LogP contribution in [0.4, 0.5) is 5.13 Å². The summed E-state index contributed by atoms with van der Waals surface area (Å²) in [6, 6.07) is 0. The number of aromatic nitrogens is 2. The normalized spacial score (nSPS) is 12.1. The van der Waals surface area contributed by atoms with Crippen molar-refractivity contribution < 1.29 is 14.7 Å². The highest BCUT2D eigenvalue weighted by Crippen LogP contribution is 2.09. The predicted octanol–water partition coefficient (Wildman–Crippen LogP) is 0.197. The van der Waals surface area contributed by atoms with Gasteiger partial charge in [0, 0.05) is 0 Å². The molecule has 0 radical (unpaired) electrons. The Morgan fingerprint density at radius 2 is 2.38 bits per heavy atom. The fourth-order valence-electron chi connectivity index (χ4n) is 0.553. The number of rotatable bonds is 3. The molecule has 0 spiro atoms. The number of hydrogen-bond donors (Lipinski definition) is 2. The van der Waals surface area contributed by atoms with E-state index in [2.05, 4.69) is 15.5 Å². The summed E-state index contributed by atoms with van der Waals surface area (Å²) in [5.41, 5.74) is 1.45. The van der Waals surface area contributed by atoms with Crippen molar-refractivity contribution in [3.05, 3.63) is 5.51 Å². The molecule has 2 N–H and O–H groups in total. The average molecular weight is 201 g/mol. The van der Waals surface area contributed by atoms with Gasteiger partial charge in [-0.25, -0.2) is 0 Å². The molecule has 6 nitrogen and oxygen atoms in total. The van der Waals surface area contributed by atoms with Crippen LogP contribution in [-0.2, 0) is 9.59 Å². The number of hydrogen-bond acceptors (Lipinski definition) is 5. The number of carboxylic acid groups (broad SMARTS) is 1. The van der Waals surface area contributed by atoms with Crippen LogP contribution < -0.4 is 5.32 Å². The molecule has 1 heterocycles. The Kier molecular flexibility index (Phi) is 2.91. The van der Waals surface area contributed by atoms with Gasteiger partial charge in [0.05, 0.1) is 0 Å². The van der Waals surface area contributed by atoms with Crippen molar-refractivity contribution in [3.8, 4) is 0 Å². The monoisotopic (exact) mass is 201 g/mol. The van der Waals surface area contributed by atoms with E-state index in [4.69, 9.17) is 5.11 Å². The first-order valence-electron chi connectivity index (χ1n) is 3.41. The molecule has 1 rings (SSSR count). The summed E-state index contributed by atoms with van der Waals surface area (Å²) >= 11 is 1.13. The molecule has 0 bridgehead atoms. The van der Waals surface area contributed by atoms with Crippen molar-refractivity contribution in [3.63, 3.8) is 0 Å². The molecule has 0 fully saturated rings. The number of carboxylic acids is 1. The highest BCUT2D eigenvalue weighted by atomic mass is 32.1. The van der Waals surface area contributed by atoms with E-state index in [1.54, 1.807) is 0 Å². The van der Waals surface area contributed by atoms with E-state index in [1.807, 2.05) is 0 Å². The van der Waals surface area contributed by atoms with Gasteiger partial charge in [0.25, 0.3) is 0 Å². The number of nitrogens with one attached hydrogen (secondary N) is 1. The van der Waals surface area contributed by atoms with Crippen molar-refractivity contribution in [1.29, 1.82) is 0 Å². The van der Waals surface area contributed by atoms with Crippen LogP contribution in [0.25, 0.3) is 0 Å². The first-order chi connectivity index (χ1) is 6.11. The van der Waals surface area contributed by atoms with Crippen LogP contribution in [0.15, 0.2) is 5.51 Å². The summed E-state index contributed by atoms with van der Waals surface area (Å²) < 4.78 is 0. The fraction of sp³-hybridized carbons (Fsp3) is 0.333. The van der Waals surface area contributed by atoms with E-state index >= 15 is 0 Å². The number of nitrogens with zero attached hydrogens (tertiary/aromatic N) is 2. The van der Waals surface area contributed by atoms with Gasteiger partial charge in [-0.2, -0.15) is 0 Å². The molecule has 0 aliphatic carbocycles. The lowest BCUT2D eigenvalue weighted by Gasteiger charge is -2.03. The van der Waals surface area contributed by atoms with Gasteiger partial charge in [-0.15, -0.1) is 10.2 Å². The first-order valence-corrected chi connectivity index (χ1v) is 4.29. The standard InChI is InChI=1S/C6H7N3O3S/c1-3(5(11)12)4(10)8-6-9-7-2-13-6/h2-3H,1H3,(H,11,12)(H,8,9,10). The molecule has 1 amide bonds. The van der Waals surface area contributed by atoms with Crippen molar-refractivity contribution >= 4 is 28.3 Å². The average Bonchev–Trinajstić information content (AvgIpc) is 2.55. The van der Waals surface area contributed by atoms with Gasteiger partial charge in [0.2, 0.25) is 11.0 Å². The van der Waals surface area contributed by atoms with Crippen LogP contribution in [-0.4, -0.2) is 27.2 Å². The maximum Gasteiger partial charge on any atom is 0.315 e. The molecule has 0 aliphatic rings. The second kappa shape index (κ2) is 3.94. The summed E-state index contributed by atoms with van der Waals surface area (Å²) in [5.74, 6) is -2.84. The SMILES string of the molecule is CC(C(=O)O)C(=O)Nc1nncs1. The smallest absolute Gasteiger partial charge is 0.315 e. The number of carbonyl (C=O) groups excluding carboxylic acids is 1. The second-order valence-electron chi connectivity index (χ2n) is 2.29. The number of amides is 1. The maximum absolute atomic E-state index is 11.1. The Morgan fingerprint density at radius 1 is 1.69 bits per heavy atom. The molecule has 1 aromatic rings. The van der Waals surface area contributed by atoms with Crippen LogP contribution in [0.5, 0.6) is 0 Å². The summed E-state index contributed by atoms with van der Waals surface area (Å²) in [6.45, 7) is 1.30. The summed E-state index contributed by atoms with van der Waals surface area (Å²) in [5, 5.41) is 18.1. The zero-order valence-electron chi connectivity index (χ0n) is 6.72. The fourth-order valence-corrected chi connectivity index (χ4v) is 1.00. The van der Waals surface area contributed by atoms with Gasteiger partial charge in [-0.1, -0.05) is 11.3 Å². The molecular weight excluding hydrogens is 194 g/mol. The van der Waals surface area contributed by atoms with E-state index in [0.717, 1.165) is 11.3 Å². The molecular formula is C6H7N3O3S. The highest BCUT2D eigenvalue weighted by molar-refractivity contribution is 7.13. The Bertz CT molecular complexity index is 311. The first kappa shape index (κ1) is 9.59. The third-order valence-corrected chi connectivity index (χ3v) is 1.96. The molecule has 1 unspecified atom stereocenters. The molecule has 1 aromatic heterocycles. The molecule has 0 aromatic carbocycles. The molecule has 0 aliphatic heterocycles. The molecule has 0 saturated heterocycles. The maximum atomic E-state index is 11.1. The lowest BCUT2D eigenvalue weighted by atomic mass is 10.2. The van der Waals surface area contributed by atoms with Gasteiger partial charge < -0.3 is 5.11 Å². The Labute approximate surface area is 77.6 Å². The van der Waals surface area contributed by atoms with E-state index < -0.39 is 17.8 Å². The van der Waals surface area contributed by atoms with Crippen LogP contribution in [0.2, 0.25) is 0 Å². The lowest BCUT2D eigenvalue weighted by Crippen LogP contribution is -2.26. The topological polar surface area (TPSA) is 92.2 Å². The van der Waals surface area contributed by atoms with E-state index in [-0.39, 0.29) is 0 Å². The third-order valence-electron chi connectivity index (χ3n) is 1.35. The summed E-state index contributed by atoms with van der Waals surface area (Å²) in [4.78, 5) is 21.5. The summed E-state index contributed by atoms with van der Waals surface area (Å²) in [7, 11) is 0.